The number of allylic oxidation sites excluding steroid dienone is 10. The van der Waals surface area contributed by atoms with Gasteiger partial charge in [-0.2, -0.15) is 0 Å². The third-order valence-electron chi connectivity index (χ3n) is 13.0. The summed E-state index contributed by atoms with van der Waals surface area (Å²) >= 11 is 0. The number of esters is 2. The zero-order chi connectivity index (χ0) is 49.2. The van der Waals surface area contributed by atoms with Crippen LogP contribution in [0.3, 0.4) is 0 Å². The minimum atomic E-state index is -0.547. The zero-order valence-electron chi connectivity index (χ0n) is 45.6. The van der Waals surface area contributed by atoms with Crippen molar-refractivity contribution in [3.05, 3.63) is 60.8 Å². The summed E-state index contributed by atoms with van der Waals surface area (Å²) in [5, 5.41) is 0. The van der Waals surface area contributed by atoms with Gasteiger partial charge in [-0.15, -0.1) is 0 Å². The molecule has 0 aliphatic carbocycles. The van der Waals surface area contributed by atoms with Gasteiger partial charge in [0.25, 0.3) is 0 Å². The summed E-state index contributed by atoms with van der Waals surface area (Å²) in [4.78, 5) is 25.6. The van der Waals surface area contributed by atoms with Gasteiger partial charge < -0.3 is 14.2 Å². The summed E-state index contributed by atoms with van der Waals surface area (Å²) in [5.41, 5.74) is 0. The van der Waals surface area contributed by atoms with Gasteiger partial charge in [-0.05, 0) is 109 Å². The normalized spacial score (nSPS) is 12.6. The molecule has 1 unspecified atom stereocenters. The first kappa shape index (κ1) is 65.6. The maximum absolute atomic E-state index is 12.9. The van der Waals surface area contributed by atoms with Crippen LogP contribution < -0.4 is 0 Å². The van der Waals surface area contributed by atoms with Crippen LogP contribution in [-0.4, -0.2) is 37.9 Å². The average molecular weight is 952 g/mol. The number of carbonyl (C=O) groups excluding carboxylic acids is 2. The van der Waals surface area contributed by atoms with Crippen LogP contribution >= 0.6 is 0 Å². The van der Waals surface area contributed by atoms with Crippen molar-refractivity contribution < 1.29 is 23.8 Å². The Balaban J connectivity index is 4.28. The van der Waals surface area contributed by atoms with Crippen LogP contribution in [0, 0.1) is 0 Å². The fourth-order valence-electron chi connectivity index (χ4n) is 8.51. The third-order valence-corrected chi connectivity index (χ3v) is 13.0. The summed E-state index contributed by atoms with van der Waals surface area (Å²) in [6.45, 7) is 7.79. The van der Waals surface area contributed by atoms with Gasteiger partial charge >= 0.3 is 11.9 Å². The molecule has 0 amide bonds. The maximum atomic E-state index is 12.9. The molecule has 1 atom stereocenters. The lowest BCUT2D eigenvalue weighted by Gasteiger charge is -2.18. The molecule has 0 aromatic carbocycles. The monoisotopic (exact) mass is 951 g/mol. The Kier molecular flexibility index (Phi) is 56.8. The van der Waals surface area contributed by atoms with Gasteiger partial charge in [0.15, 0.2) is 6.10 Å². The van der Waals surface area contributed by atoms with Crippen LogP contribution in [-0.2, 0) is 23.8 Å². The van der Waals surface area contributed by atoms with E-state index >= 15 is 0 Å². The van der Waals surface area contributed by atoms with Gasteiger partial charge in [0.1, 0.15) is 6.61 Å². The standard InChI is InChI=1S/C63H114O5/c1-4-7-10-13-16-19-22-25-28-31-32-34-35-38-41-44-47-50-53-56-62(64)67-60-61(59-66-58-55-52-49-46-43-40-37-30-27-24-21-18-15-12-9-6-3)68-63(65)57-54-51-48-45-42-39-36-33-29-26-23-20-17-14-11-8-5-2/h16-17,19-20,25-30,61H,4-15,18,21-24,31-60H2,1-3H3/b19-16-,20-17-,28-25-,29-26-,30-27-. The van der Waals surface area contributed by atoms with E-state index in [-0.39, 0.29) is 25.2 Å². The fourth-order valence-corrected chi connectivity index (χ4v) is 8.51. The van der Waals surface area contributed by atoms with E-state index in [1.54, 1.807) is 0 Å². The van der Waals surface area contributed by atoms with Gasteiger partial charge in [-0.1, -0.05) is 242 Å². The minimum absolute atomic E-state index is 0.0783. The molecule has 0 aromatic heterocycles. The summed E-state index contributed by atoms with van der Waals surface area (Å²) in [6, 6.07) is 0. The summed E-state index contributed by atoms with van der Waals surface area (Å²) in [6.07, 6.45) is 75.2. The molecule has 0 aliphatic rings. The van der Waals surface area contributed by atoms with E-state index in [0.29, 0.717) is 19.4 Å². The average Bonchev–Trinajstić information content (AvgIpc) is 3.34. The largest absolute Gasteiger partial charge is 0.462 e. The second-order valence-corrected chi connectivity index (χ2v) is 19.9. The van der Waals surface area contributed by atoms with E-state index in [4.69, 9.17) is 14.2 Å². The molecule has 0 aliphatic heterocycles. The fraction of sp³-hybridized carbons (Fsp3) is 0.810. The summed E-state index contributed by atoms with van der Waals surface area (Å²) < 4.78 is 17.5. The molecule has 0 bridgehead atoms. The second kappa shape index (κ2) is 58.9. The lowest BCUT2D eigenvalue weighted by atomic mass is 10.1. The molecule has 0 heterocycles. The number of carbonyl (C=O) groups is 2. The molecule has 0 radical (unpaired) electrons. The lowest BCUT2D eigenvalue weighted by molar-refractivity contribution is -0.163. The molecule has 0 rings (SSSR count). The van der Waals surface area contributed by atoms with Crippen molar-refractivity contribution in [1.29, 1.82) is 0 Å². The van der Waals surface area contributed by atoms with Gasteiger partial charge in [0, 0.05) is 19.4 Å². The highest BCUT2D eigenvalue weighted by Crippen LogP contribution is 2.15. The third kappa shape index (κ3) is 56.2. The van der Waals surface area contributed by atoms with E-state index in [2.05, 4.69) is 81.5 Å². The zero-order valence-corrected chi connectivity index (χ0v) is 45.6. The summed E-state index contributed by atoms with van der Waals surface area (Å²) in [5.74, 6) is -0.402. The molecule has 396 valence electrons. The first-order chi connectivity index (χ1) is 33.6. The van der Waals surface area contributed by atoms with Crippen molar-refractivity contribution in [3.63, 3.8) is 0 Å². The molecule has 0 spiro atoms. The Morgan fingerprint density at radius 2 is 0.618 bits per heavy atom. The molecular formula is C63H114O5. The van der Waals surface area contributed by atoms with Gasteiger partial charge in [0.05, 0.1) is 6.61 Å². The highest BCUT2D eigenvalue weighted by atomic mass is 16.6. The van der Waals surface area contributed by atoms with Crippen LogP contribution in [0.25, 0.3) is 0 Å². The quantitative estimate of drug-likeness (QED) is 0.0345. The molecular weight excluding hydrogens is 837 g/mol. The van der Waals surface area contributed by atoms with Crippen molar-refractivity contribution >= 4 is 11.9 Å². The number of hydrogen-bond acceptors (Lipinski definition) is 5. The molecule has 68 heavy (non-hydrogen) atoms. The molecule has 0 N–H and O–H groups in total. The van der Waals surface area contributed by atoms with Crippen molar-refractivity contribution in [1.82, 2.24) is 0 Å². The van der Waals surface area contributed by atoms with E-state index in [0.717, 1.165) is 57.8 Å². The van der Waals surface area contributed by atoms with Crippen LogP contribution in [0.1, 0.15) is 303 Å². The summed E-state index contributed by atoms with van der Waals surface area (Å²) in [7, 11) is 0. The van der Waals surface area contributed by atoms with E-state index < -0.39 is 6.10 Å². The van der Waals surface area contributed by atoms with E-state index in [9.17, 15) is 9.59 Å². The predicted octanol–water partition coefficient (Wildman–Crippen LogP) is 20.5. The van der Waals surface area contributed by atoms with Crippen LogP contribution in [0.4, 0.5) is 0 Å². The minimum Gasteiger partial charge on any atom is -0.462 e. The Labute approximate surface area is 424 Å². The molecule has 5 heteroatoms. The maximum Gasteiger partial charge on any atom is 0.306 e. The van der Waals surface area contributed by atoms with Crippen LogP contribution in [0.2, 0.25) is 0 Å². The number of hydrogen-bond donors (Lipinski definition) is 0. The van der Waals surface area contributed by atoms with Crippen LogP contribution in [0.15, 0.2) is 60.8 Å². The number of rotatable bonds is 55. The van der Waals surface area contributed by atoms with E-state index in [1.807, 2.05) is 0 Å². The molecule has 5 nitrogen and oxygen atoms in total. The highest BCUT2D eigenvalue weighted by Gasteiger charge is 2.17. The molecule has 0 fully saturated rings. The topological polar surface area (TPSA) is 61.8 Å². The number of unbranched alkanes of at least 4 members (excludes halogenated alkanes) is 34. The molecule has 0 saturated heterocycles. The van der Waals surface area contributed by atoms with Crippen molar-refractivity contribution in [2.45, 2.75) is 309 Å². The van der Waals surface area contributed by atoms with Crippen molar-refractivity contribution in [3.8, 4) is 0 Å². The van der Waals surface area contributed by atoms with Gasteiger partial charge in [-0.25, -0.2) is 0 Å². The van der Waals surface area contributed by atoms with Gasteiger partial charge in [-0.3, -0.25) is 9.59 Å². The molecule has 0 aromatic rings. The SMILES string of the molecule is CCCCC/C=C\C/C=C\CCCCCCCCCCCC(=O)OCC(COCCCCCCCC/C=C\CCCCCCCC)OC(=O)CCCCCCCCC/C=C\C/C=C\CCCCC. The predicted molar refractivity (Wildman–Crippen MR) is 298 cm³/mol. The Hall–Kier alpha value is -2.40. The highest BCUT2D eigenvalue weighted by molar-refractivity contribution is 5.70. The first-order valence-corrected chi connectivity index (χ1v) is 29.8. The lowest BCUT2D eigenvalue weighted by Crippen LogP contribution is -2.30. The Morgan fingerprint density at radius 3 is 1.01 bits per heavy atom. The van der Waals surface area contributed by atoms with Crippen molar-refractivity contribution in [2.75, 3.05) is 19.8 Å². The Bertz CT molecular complexity index is 1170. The van der Waals surface area contributed by atoms with Crippen molar-refractivity contribution in [2.24, 2.45) is 0 Å². The molecule has 0 saturated carbocycles. The number of ether oxygens (including phenoxy) is 3. The van der Waals surface area contributed by atoms with E-state index in [1.165, 1.54) is 212 Å². The smallest absolute Gasteiger partial charge is 0.306 e. The van der Waals surface area contributed by atoms with Gasteiger partial charge in [0.2, 0.25) is 0 Å². The second-order valence-electron chi connectivity index (χ2n) is 19.9. The first-order valence-electron chi connectivity index (χ1n) is 29.8. The Morgan fingerprint density at radius 1 is 0.324 bits per heavy atom. The van der Waals surface area contributed by atoms with Crippen LogP contribution in [0.5, 0.6) is 0 Å².